The fraction of sp³-hybridized carbons (Fsp3) is 0.0323. The maximum absolute atomic E-state index is 10.4. The topological polar surface area (TPSA) is 72.7 Å². The van der Waals surface area contributed by atoms with E-state index < -0.39 is 22.7 Å². The zero-order valence-electron chi connectivity index (χ0n) is 19.8. The molecular weight excluding hydrogens is 456 g/mol. The van der Waals surface area contributed by atoms with Crippen LogP contribution in [0.25, 0.3) is 11.1 Å². The number of anilines is 2. The molecule has 1 aliphatic rings. The molecule has 0 atom stereocenters. The highest BCUT2D eigenvalue weighted by Crippen LogP contribution is 2.56. The van der Waals surface area contributed by atoms with Crippen molar-refractivity contribution >= 4 is 38.0 Å². The van der Waals surface area contributed by atoms with Gasteiger partial charge in [0.2, 0.25) is 5.75 Å². The molecule has 0 unspecified atom stereocenters. The van der Waals surface area contributed by atoms with Gasteiger partial charge in [0.25, 0.3) is 0 Å². The van der Waals surface area contributed by atoms with E-state index in [-0.39, 0.29) is 16.6 Å². The first kappa shape index (κ1) is 22.9. The van der Waals surface area contributed by atoms with Crippen LogP contribution in [0.5, 0.6) is 17.2 Å². The van der Waals surface area contributed by atoms with Crippen LogP contribution in [0.4, 0.5) is 11.4 Å². The van der Waals surface area contributed by atoms with Gasteiger partial charge in [0.05, 0.1) is 11.1 Å². The van der Waals surface area contributed by atoms with Crippen molar-refractivity contribution in [2.45, 2.75) is 5.41 Å². The van der Waals surface area contributed by atoms with E-state index >= 15 is 0 Å². The molecule has 174 valence electrons. The second-order valence-corrected chi connectivity index (χ2v) is 9.16. The van der Waals surface area contributed by atoms with Gasteiger partial charge in [-0.2, -0.15) is 0 Å². The fourth-order valence-corrected chi connectivity index (χ4v) is 5.53. The summed E-state index contributed by atoms with van der Waals surface area (Å²) in [5.41, 5.74) is 6.92. The number of hydrogen-bond acceptors (Lipinski definition) is 4. The van der Waals surface area contributed by atoms with Gasteiger partial charge in [-0.3, -0.25) is 0 Å². The zero-order chi connectivity index (χ0) is 25.7. The summed E-state index contributed by atoms with van der Waals surface area (Å²) in [6, 6.07) is 35.3. The molecule has 4 N–H and O–H groups in total. The van der Waals surface area contributed by atoms with Gasteiger partial charge in [0.1, 0.15) is 15.7 Å². The standard InChI is InChI=1S/C31H21B2NO3/c32-25-26(33)28(35)30(37)29(36)27(25)34-20-16-14-19(15-17-20)31(18-8-2-1-3-9-18)23-12-6-4-10-21(23)22-11-5-7-13-24(22)31/h1-17,34-37H. The Morgan fingerprint density at radius 1 is 0.514 bits per heavy atom. The molecule has 5 aromatic carbocycles. The monoisotopic (exact) mass is 477 g/mol. The summed E-state index contributed by atoms with van der Waals surface area (Å²) in [4.78, 5) is 0. The summed E-state index contributed by atoms with van der Waals surface area (Å²) >= 11 is 0. The predicted molar refractivity (Wildman–Crippen MR) is 149 cm³/mol. The Morgan fingerprint density at radius 3 is 1.62 bits per heavy atom. The van der Waals surface area contributed by atoms with Gasteiger partial charge in [-0.15, -0.1) is 0 Å². The molecule has 0 bridgehead atoms. The van der Waals surface area contributed by atoms with Crippen LogP contribution < -0.4 is 16.2 Å². The average molecular weight is 477 g/mol. The van der Waals surface area contributed by atoms with Crippen LogP contribution in [0.15, 0.2) is 103 Å². The molecule has 0 heterocycles. The molecule has 0 spiro atoms. The van der Waals surface area contributed by atoms with Crippen LogP contribution in [0, 0.1) is 0 Å². The van der Waals surface area contributed by atoms with Crippen molar-refractivity contribution in [1.82, 2.24) is 0 Å². The van der Waals surface area contributed by atoms with Gasteiger partial charge in [-0.25, -0.2) is 0 Å². The lowest BCUT2D eigenvalue weighted by Crippen LogP contribution is -2.29. The molecule has 0 saturated carbocycles. The van der Waals surface area contributed by atoms with Gasteiger partial charge in [-0.1, -0.05) is 102 Å². The molecule has 5 aromatic rings. The maximum Gasteiger partial charge on any atom is 0.201 e. The van der Waals surface area contributed by atoms with Gasteiger partial charge in [0.15, 0.2) is 11.5 Å². The van der Waals surface area contributed by atoms with Crippen molar-refractivity contribution in [2.75, 3.05) is 5.32 Å². The molecular formula is C31H21B2NO3. The van der Waals surface area contributed by atoms with E-state index in [9.17, 15) is 15.3 Å². The first-order chi connectivity index (χ1) is 17.9. The largest absolute Gasteiger partial charge is 0.505 e. The van der Waals surface area contributed by atoms with Crippen molar-refractivity contribution in [3.63, 3.8) is 0 Å². The van der Waals surface area contributed by atoms with E-state index in [1.807, 2.05) is 30.3 Å². The zero-order valence-corrected chi connectivity index (χ0v) is 19.8. The Kier molecular flexibility index (Phi) is 5.27. The molecule has 4 nitrogen and oxygen atoms in total. The Balaban J connectivity index is 1.52. The lowest BCUT2D eigenvalue weighted by atomic mass is 9.68. The lowest BCUT2D eigenvalue weighted by molar-refractivity contribution is 0.371. The molecule has 4 radical (unpaired) electrons. The number of aromatic hydroxyl groups is 3. The number of rotatable bonds is 4. The first-order valence-corrected chi connectivity index (χ1v) is 11.9. The molecule has 6 rings (SSSR count). The third kappa shape index (κ3) is 3.26. The summed E-state index contributed by atoms with van der Waals surface area (Å²) in [6.07, 6.45) is 0. The number of hydrogen-bond donors (Lipinski definition) is 4. The molecule has 0 saturated heterocycles. The third-order valence-corrected chi connectivity index (χ3v) is 7.25. The molecule has 0 aliphatic heterocycles. The van der Waals surface area contributed by atoms with Gasteiger partial charge in [0, 0.05) is 5.69 Å². The van der Waals surface area contributed by atoms with Crippen molar-refractivity contribution in [3.05, 3.63) is 125 Å². The van der Waals surface area contributed by atoms with Crippen LogP contribution in [-0.2, 0) is 5.41 Å². The normalized spacial score (nSPS) is 13.1. The summed E-state index contributed by atoms with van der Waals surface area (Å²) < 4.78 is 0. The Morgan fingerprint density at radius 2 is 1.03 bits per heavy atom. The van der Waals surface area contributed by atoms with Crippen LogP contribution >= 0.6 is 0 Å². The highest BCUT2D eigenvalue weighted by molar-refractivity contribution is 6.52. The van der Waals surface area contributed by atoms with E-state index in [0.717, 1.165) is 11.1 Å². The first-order valence-electron chi connectivity index (χ1n) is 11.9. The molecule has 1 aliphatic carbocycles. The predicted octanol–water partition coefficient (Wildman–Crippen LogP) is 4.50. The lowest BCUT2D eigenvalue weighted by Gasteiger charge is -2.34. The minimum atomic E-state index is -0.729. The molecule has 37 heavy (non-hydrogen) atoms. The second kappa shape index (κ2) is 8.52. The van der Waals surface area contributed by atoms with Gasteiger partial charge >= 0.3 is 0 Å². The minimum absolute atomic E-state index is 0.0230. The van der Waals surface area contributed by atoms with Crippen LogP contribution in [0.3, 0.4) is 0 Å². The summed E-state index contributed by atoms with van der Waals surface area (Å²) in [6.45, 7) is 0. The minimum Gasteiger partial charge on any atom is -0.505 e. The van der Waals surface area contributed by atoms with Crippen molar-refractivity contribution < 1.29 is 15.3 Å². The molecule has 0 amide bonds. The van der Waals surface area contributed by atoms with E-state index in [4.69, 9.17) is 15.7 Å². The summed E-state index contributed by atoms with van der Waals surface area (Å²) in [5, 5.41) is 33.3. The maximum atomic E-state index is 10.4. The number of nitrogens with one attached hydrogen (secondary N) is 1. The van der Waals surface area contributed by atoms with Gasteiger partial charge in [-0.05, 0) is 45.5 Å². The van der Waals surface area contributed by atoms with Gasteiger partial charge < -0.3 is 20.6 Å². The number of phenolic OH excluding ortho intramolecular Hbond substituents is 3. The third-order valence-electron chi connectivity index (χ3n) is 7.25. The molecule has 0 aromatic heterocycles. The van der Waals surface area contributed by atoms with E-state index in [0.29, 0.717) is 5.69 Å². The number of benzene rings is 5. The van der Waals surface area contributed by atoms with Crippen LogP contribution in [0.2, 0.25) is 0 Å². The van der Waals surface area contributed by atoms with E-state index in [1.165, 1.54) is 22.3 Å². The quantitative estimate of drug-likeness (QED) is 0.172. The molecule has 6 heteroatoms. The van der Waals surface area contributed by atoms with Crippen LogP contribution in [0.1, 0.15) is 22.3 Å². The van der Waals surface area contributed by atoms with Crippen molar-refractivity contribution in [1.29, 1.82) is 0 Å². The fourth-order valence-electron chi connectivity index (χ4n) is 5.53. The summed E-state index contributed by atoms with van der Waals surface area (Å²) in [5.74, 6) is -1.96. The Hall–Kier alpha value is -4.57. The average Bonchev–Trinajstić information content (AvgIpc) is 3.25. The molecule has 0 fully saturated rings. The van der Waals surface area contributed by atoms with E-state index in [2.05, 4.69) is 78.1 Å². The van der Waals surface area contributed by atoms with Crippen molar-refractivity contribution in [3.8, 4) is 28.4 Å². The smallest absolute Gasteiger partial charge is 0.201 e. The summed E-state index contributed by atoms with van der Waals surface area (Å²) in [7, 11) is 11.8. The highest BCUT2D eigenvalue weighted by atomic mass is 16.3. The SMILES string of the molecule is [B]c1c([B])c(Nc2ccc(C3(c4ccccc4)c4ccccc4-c4ccccc43)cc2)c(O)c(O)c1O. The Bertz CT molecular complexity index is 1580. The van der Waals surface area contributed by atoms with Crippen LogP contribution in [-0.4, -0.2) is 31.0 Å². The second-order valence-electron chi connectivity index (χ2n) is 9.16. The highest BCUT2D eigenvalue weighted by Gasteiger charge is 2.45. The Labute approximate surface area is 217 Å². The number of fused-ring (bicyclic) bond motifs is 3. The van der Waals surface area contributed by atoms with E-state index in [1.54, 1.807) is 0 Å². The number of phenols is 3. The van der Waals surface area contributed by atoms with Crippen molar-refractivity contribution in [2.24, 2.45) is 0 Å².